The number of benzene rings is 2. The molecule has 5 heteroatoms. The second kappa shape index (κ2) is 5.26. The molecular formula is C16H15FN2O2. The molecule has 108 valence electrons. The van der Waals surface area contributed by atoms with Crippen LogP contribution in [0, 0.1) is 21.8 Å². The van der Waals surface area contributed by atoms with Crippen LogP contribution in [0.4, 0.5) is 10.1 Å². The molecular weight excluding hydrogens is 271 g/mol. The summed E-state index contributed by atoms with van der Waals surface area (Å²) < 4.78 is 14.2. The molecule has 0 fully saturated rings. The standard InChI is InChI=1S/C16H15FN2O2/c17-15-11(5-3-7-14(15)19(20)21)9-12-8-10-4-1-2-6-13(10)16(12)18/h1-7,12,16H,8-9,18H2. The van der Waals surface area contributed by atoms with Crippen LogP contribution in [0.2, 0.25) is 0 Å². The van der Waals surface area contributed by atoms with Crippen LogP contribution in [0.25, 0.3) is 0 Å². The lowest BCUT2D eigenvalue weighted by Gasteiger charge is -2.16. The second-order valence-corrected chi connectivity index (χ2v) is 5.40. The van der Waals surface area contributed by atoms with Gasteiger partial charge in [0.2, 0.25) is 5.82 Å². The fourth-order valence-electron chi connectivity index (χ4n) is 3.06. The first kappa shape index (κ1) is 13.7. The van der Waals surface area contributed by atoms with Gasteiger partial charge in [-0.15, -0.1) is 0 Å². The molecule has 2 aromatic carbocycles. The lowest BCUT2D eigenvalue weighted by Crippen LogP contribution is -2.19. The maximum Gasteiger partial charge on any atom is 0.305 e. The Hall–Kier alpha value is -2.27. The number of hydrogen-bond donors (Lipinski definition) is 1. The zero-order valence-corrected chi connectivity index (χ0v) is 11.3. The molecule has 0 heterocycles. The van der Waals surface area contributed by atoms with Crippen molar-refractivity contribution in [2.75, 3.05) is 0 Å². The van der Waals surface area contributed by atoms with Gasteiger partial charge in [0.15, 0.2) is 0 Å². The summed E-state index contributed by atoms with van der Waals surface area (Å²) in [5.74, 6) is -0.676. The topological polar surface area (TPSA) is 69.2 Å². The molecule has 1 aliphatic rings. The van der Waals surface area contributed by atoms with Crippen molar-refractivity contribution in [2.45, 2.75) is 18.9 Å². The first-order chi connectivity index (χ1) is 10.1. The zero-order valence-electron chi connectivity index (χ0n) is 11.3. The Morgan fingerprint density at radius 3 is 2.71 bits per heavy atom. The summed E-state index contributed by atoms with van der Waals surface area (Å²) >= 11 is 0. The quantitative estimate of drug-likeness (QED) is 0.696. The van der Waals surface area contributed by atoms with Crippen LogP contribution in [0.5, 0.6) is 0 Å². The summed E-state index contributed by atoms with van der Waals surface area (Å²) in [6.45, 7) is 0. The van der Waals surface area contributed by atoms with Crippen molar-refractivity contribution in [2.24, 2.45) is 11.7 Å². The molecule has 2 N–H and O–H groups in total. The maximum atomic E-state index is 14.2. The molecule has 0 radical (unpaired) electrons. The number of hydrogen-bond acceptors (Lipinski definition) is 3. The van der Waals surface area contributed by atoms with Gasteiger partial charge in [0.1, 0.15) is 0 Å². The molecule has 0 bridgehead atoms. The van der Waals surface area contributed by atoms with E-state index in [9.17, 15) is 14.5 Å². The van der Waals surface area contributed by atoms with Gasteiger partial charge in [0.25, 0.3) is 0 Å². The van der Waals surface area contributed by atoms with Gasteiger partial charge < -0.3 is 5.73 Å². The van der Waals surface area contributed by atoms with Gasteiger partial charge >= 0.3 is 5.69 Å². The van der Waals surface area contributed by atoms with Crippen molar-refractivity contribution >= 4 is 5.69 Å². The molecule has 3 rings (SSSR count). The highest BCUT2D eigenvalue weighted by Crippen LogP contribution is 2.37. The number of halogens is 1. The molecule has 4 nitrogen and oxygen atoms in total. The number of fused-ring (bicyclic) bond motifs is 1. The van der Waals surface area contributed by atoms with E-state index in [4.69, 9.17) is 5.73 Å². The Balaban J connectivity index is 1.86. The monoisotopic (exact) mass is 286 g/mol. The predicted octanol–water partition coefficient (Wildman–Crippen LogP) is 3.15. The van der Waals surface area contributed by atoms with Crippen molar-refractivity contribution in [3.8, 4) is 0 Å². The minimum Gasteiger partial charge on any atom is -0.324 e. The largest absolute Gasteiger partial charge is 0.324 e. The molecule has 21 heavy (non-hydrogen) atoms. The molecule has 2 aromatic rings. The van der Waals surface area contributed by atoms with E-state index < -0.39 is 16.4 Å². The van der Waals surface area contributed by atoms with Gasteiger partial charge in [-0.1, -0.05) is 36.4 Å². The lowest BCUT2D eigenvalue weighted by molar-refractivity contribution is -0.387. The van der Waals surface area contributed by atoms with Crippen molar-refractivity contribution in [3.63, 3.8) is 0 Å². The predicted molar refractivity (Wildman–Crippen MR) is 77.3 cm³/mol. The Bertz CT molecular complexity index is 702. The second-order valence-electron chi connectivity index (χ2n) is 5.40. The zero-order chi connectivity index (χ0) is 15.0. The minimum atomic E-state index is -0.745. The molecule has 0 saturated heterocycles. The third-order valence-corrected chi connectivity index (χ3v) is 4.14. The fraction of sp³-hybridized carbons (Fsp3) is 0.250. The Labute approximate surface area is 121 Å². The van der Waals surface area contributed by atoms with Crippen LogP contribution in [0.15, 0.2) is 42.5 Å². The van der Waals surface area contributed by atoms with Crippen molar-refractivity contribution in [1.82, 2.24) is 0 Å². The Kier molecular flexibility index (Phi) is 3.43. The van der Waals surface area contributed by atoms with Crippen LogP contribution < -0.4 is 5.73 Å². The molecule has 0 spiro atoms. The Morgan fingerprint density at radius 1 is 1.24 bits per heavy atom. The molecule has 0 aromatic heterocycles. The maximum absolute atomic E-state index is 14.2. The summed E-state index contributed by atoms with van der Waals surface area (Å²) in [6, 6.07) is 12.1. The smallest absolute Gasteiger partial charge is 0.305 e. The van der Waals surface area contributed by atoms with Crippen LogP contribution in [-0.2, 0) is 12.8 Å². The van der Waals surface area contributed by atoms with Crippen molar-refractivity contribution in [3.05, 3.63) is 75.1 Å². The van der Waals surface area contributed by atoms with E-state index in [2.05, 4.69) is 0 Å². The van der Waals surface area contributed by atoms with Gasteiger partial charge in [-0.05, 0) is 35.4 Å². The molecule has 0 amide bonds. The van der Waals surface area contributed by atoms with Crippen LogP contribution in [-0.4, -0.2) is 4.92 Å². The number of nitrogens with two attached hydrogens (primary N) is 1. The summed E-state index contributed by atoms with van der Waals surface area (Å²) in [6.07, 6.45) is 1.18. The third-order valence-electron chi connectivity index (χ3n) is 4.14. The van der Waals surface area contributed by atoms with Crippen LogP contribution in [0.1, 0.15) is 22.7 Å². The molecule has 0 aliphatic heterocycles. The fourth-order valence-corrected chi connectivity index (χ4v) is 3.06. The molecule has 2 atom stereocenters. The minimum absolute atomic E-state index is 0.0684. The summed E-state index contributed by atoms with van der Waals surface area (Å²) in [5.41, 5.74) is 8.39. The lowest BCUT2D eigenvalue weighted by atomic mass is 9.93. The van der Waals surface area contributed by atoms with Gasteiger partial charge in [-0.25, -0.2) is 0 Å². The average molecular weight is 286 g/mol. The number of nitrogens with zero attached hydrogens (tertiary/aromatic N) is 1. The van der Waals surface area contributed by atoms with E-state index in [-0.39, 0.29) is 12.0 Å². The van der Waals surface area contributed by atoms with Gasteiger partial charge in [-0.3, -0.25) is 10.1 Å². The van der Waals surface area contributed by atoms with E-state index in [1.54, 1.807) is 6.07 Å². The highest BCUT2D eigenvalue weighted by Gasteiger charge is 2.30. The van der Waals surface area contributed by atoms with Crippen LogP contribution >= 0.6 is 0 Å². The molecule has 0 saturated carbocycles. The van der Waals surface area contributed by atoms with E-state index in [1.807, 2.05) is 24.3 Å². The summed E-state index contributed by atoms with van der Waals surface area (Å²) in [4.78, 5) is 10.1. The van der Waals surface area contributed by atoms with Gasteiger partial charge in [0, 0.05) is 12.1 Å². The van der Waals surface area contributed by atoms with Gasteiger partial charge in [-0.2, -0.15) is 4.39 Å². The van der Waals surface area contributed by atoms with Crippen molar-refractivity contribution < 1.29 is 9.31 Å². The highest BCUT2D eigenvalue weighted by atomic mass is 19.1. The van der Waals surface area contributed by atoms with Crippen LogP contribution in [0.3, 0.4) is 0 Å². The summed E-state index contributed by atoms with van der Waals surface area (Å²) in [5, 5.41) is 10.8. The number of nitro groups is 1. The van der Waals surface area contributed by atoms with E-state index in [0.717, 1.165) is 12.0 Å². The normalized spacial score (nSPS) is 20.3. The Morgan fingerprint density at radius 2 is 2.00 bits per heavy atom. The summed E-state index contributed by atoms with van der Waals surface area (Å²) in [7, 11) is 0. The van der Waals surface area contributed by atoms with Gasteiger partial charge in [0.05, 0.1) is 4.92 Å². The third kappa shape index (κ3) is 2.40. The average Bonchev–Trinajstić information content (AvgIpc) is 2.78. The highest BCUT2D eigenvalue weighted by molar-refractivity contribution is 5.39. The number of rotatable bonds is 3. The molecule has 2 unspecified atom stereocenters. The molecule has 1 aliphatic carbocycles. The first-order valence-corrected chi connectivity index (χ1v) is 6.83. The number of nitro benzene ring substituents is 1. The van der Waals surface area contributed by atoms with E-state index in [1.165, 1.54) is 17.7 Å². The van der Waals surface area contributed by atoms with Crippen molar-refractivity contribution in [1.29, 1.82) is 0 Å². The van der Waals surface area contributed by atoms with E-state index in [0.29, 0.717) is 12.0 Å². The SMILES string of the molecule is NC1c2ccccc2CC1Cc1cccc([N+](=O)[O-])c1F. The first-order valence-electron chi connectivity index (χ1n) is 6.83. The van der Waals surface area contributed by atoms with E-state index >= 15 is 0 Å².